The van der Waals surface area contributed by atoms with Crippen LogP contribution < -0.4 is 4.90 Å². The number of aliphatic hydroxyl groups is 1. The van der Waals surface area contributed by atoms with Crippen LogP contribution in [0, 0.1) is 17.0 Å². The maximum Gasteiger partial charge on any atom is 0.149 e. The van der Waals surface area contributed by atoms with Gasteiger partial charge >= 0.3 is 0 Å². The molecule has 0 bridgehead atoms. The lowest BCUT2D eigenvalue weighted by molar-refractivity contribution is 0.280. The van der Waals surface area contributed by atoms with E-state index in [2.05, 4.69) is 13.8 Å². The van der Waals surface area contributed by atoms with Crippen molar-refractivity contribution in [3.05, 3.63) is 29.3 Å². The quantitative estimate of drug-likeness (QED) is 0.904. The van der Waals surface area contributed by atoms with Gasteiger partial charge in [-0.05, 0) is 42.4 Å². The van der Waals surface area contributed by atoms with E-state index in [4.69, 9.17) is 5.11 Å². The van der Waals surface area contributed by atoms with Crippen molar-refractivity contribution in [3.8, 4) is 0 Å². The number of benzene rings is 1. The first-order valence-corrected chi connectivity index (χ1v) is 6.89. The number of aliphatic hydroxyl groups excluding tert-OH is 1. The Morgan fingerprint density at radius 1 is 1.21 bits per heavy atom. The standard InChI is InChI=1S/C15H21F2NO/c1-3-15(4-2)5-6-18(10-15)14-12(16)7-11(9-19)8-13(14)17/h7-8,19H,3-6,9-10H2,1-2H3. The molecule has 0 radical (unpaired) electrons. The van der Waals surface area contributed by atoms with Gasteiger partial charge in [0.1, 0.15) is 17.3 Å². The van der Waals surface area contributed by atoms with Gasteiger partial charge in [-0.1, -0.05) is 13.8 Å². The minimum atomic E-state index is -0.577. The molecule has 106 valence electrons. The van der Waals surface area contributed by atoms with Crippen LogP contribution in [0.25, 0.3) is 0 Å². The zero-order valence-electron chi connectivity index (χ0n) is 11.5. The lowest BCUT2D eigenvalue weighted by Gasteiger charge is -2.27. The Labute approximate surface area is 113 Å². The molecule has 1 saturated heterocycles. The first kappa shape index (κ1) is 14.3. The number of halogens is 2. The molecule has 1 N–H and O–H groups in total. The molecule has 1 aromatic rings. The smallest absolute Gasteiger partial charge is 0.149 e. The van der Waals surface area contributed by atoms with Crippen LogP contribution in [0.5, 0.6) is 0 Å². The fraction of sp³-hybridized carbons (Fsp3) is 0.600. The third-order valence-corrected chi connectivity index (χ3v) is 4.51. The summed E-state index contributed by atoms with van der Waals surface area (Å²) >= 11 is 0. The van der Waals surface area contributed by atoms with Gasteiger partial charge in [0.05, 0.1) is 6.61 Å². The van der Waals surface area contributed by atoms with Crippen molar-refractivity contribution in [1.29, 1.82) is 0 Å². The van der Waals surface area contributed by atoms with E-state index in [1.807, 2.05) is 0 Å². The summed E-state index contributed by atoms with van der Waals surface area (Å²) in [6.07, 6.45) is 3.02. The highest BCUT2D eigenvalue weighted by atomic mass is 19.1. The van der Waals surface area contributed by atoms with Crippen molar-refractivity contribution in [2.75, 3.05) is 18.0 Å². The highest BCUT2D eigenvalue weighted by Gasteiger charge is 2.36. The summed E-state index contributed by atoms with van der Waals surface area (Å²) in [4.78, 5) is 1.80. The highest BCUT2D eigenvalue weighted by molar-refractivity contribution is 5.52. The third-order valence-electron chi connectivity index (χ3n) is 4.51. The van der Waals surface area contributed by atoms with Crippen molar-refractivity contribution in [3.63, 3.8) is 0 Å². The SMILES string of the molecule is CCC1(CC)CCN(c2c(F)cc(CO)cc2F)C1. The van der Waals surface area contributed by atoms with E-state index in [1.165, 1.54) is 12.1 Å². The summed E-state index contributed by atoms with van der Waals surface area (Å²) in [5.74, 6) is -1.15. The Hall–Kier alpha value is -1.16. The van der Waals surface area contributed by atoms with Gasteiger partial charge in [-0.3, -0.25) is 0 Å². The molecule has 1 aliphatic heterocycles. The summed E-state index contributed by atoms with van der Waals surface area (Å²) in [6, 6.07) is 2.44. The molecular weight excluding hydrogens is 248 g/mol. The Kier molecular flexibility index (Phi) is 4.09. The molecule has 0 atom stereocenters. The van der Waals surface area contributed by atoms with Gasteiger partial charge in [0.2, 0.25) is 0 Å². The second kappa shape index (κ2) is 5.45. The molecule has 2 nitrogen and oxygen atoms in total. The minimum absolute atomic E-state index is 0.0565. The normalized spacial score (nSPS) is 18.1. The Morgan fingerprint density at radius 2 is 1.79 bits per heavy atom. The van der Waals surface area contributed by atoms with Gasteiger partial charge in [-0.2, -0.15) is 0 Å². The number of nitrogens with zero attached hydrogens (tertiary/aromatic N) is 1. The van der Waals surface area contributed by atoms with Crippen molar-refractivity contribution in [2.45, 2.75) is 39.7 Å². The molecule has 0 unspecified atom stereocenters. The fourth-order valence-corrected chi connectivity index (χ4v) is 2.96. The van der Waals surface area contributed by atoms with Gasteiger partial charge in [-0.15, -0.1) is 0 Å². The molecule has 19 heavy (non-hydrogen) atoms. The molecule has 1 heterocycles. The topological polar surface area (TPSA) is 23.5 Å². The van der Waals surface area contributed by atoms with Crippen LogP contribution >= 0.6 is 0 Å². The number of hydrogen-bond acceptors (Lipinski definition) is 2. The van der Waals surface area contributed by atoms with E-state index in [1.54, 1.807) is 4.90 Å². The average molecular weight is 269 g/mol. The van der Waals surface area contributed by atoms with Gasteiger partial charge in [0, 0.05) is 13.1 Å². The summed E-state index contributed by atoms with van der Waals surface area (Å²) < 4.78 is 28.0. The second-order valence-electron chi connectivity index (χ2n) is 5.44. The highest BCUT2D eigenvalue weighted by Crippen LogP contribution is 2.40. The molecule has 0 saturated carbocycles. The Balaban J connectivity index is 2.29. The Morgan fingerprint density at radius 3 is 2.21 bits per heavy atom. The van der Waals surface area contributed by atoms with E-state index in [-0.39, 0.29) is 23.3 Å². The lowest BCUT2D eigenvalue weighted by atomic mass is 9.82. The number of hydrogen-bond donors (Lipinski definition) is 1. The minimum Gasteiger partial charge on any atom is -0.392 e. The Bertz CT molecular complexity index is 434. The monoisotopic (exact) mass is 269 g/mol. The van der Waals surface area contributed by atoms with E-state index in [0.717, 1.165) is 19.3 Å². The zero-order valence-corrected chi connectivity index (χ0v) is 11.5. The largest absolute Gasteiger partial charge is 0.392 e. The molecule has 0 amide bonds. The maximum atomic E-state index is 14.0. The van der Waals surface area contributed by atoms with Gasteiger partial charge < -0.3 is 10.0 Å². The number of rotatable bonds is 4. The molecule has 1 aliphatic rings. The van der Waals surface area contributed by atoms with Crippen LogP contribution in [0.1, 0.15) is 38.7 Å². The molecule has 1 fully saturated rings. The molecule has 2 rings (SSSR count). The molecule has 0 aromatic heterocycles. The first-order chi connectivity index (χ1) is 9.05. The van der Waals surface area contributed by atoms with Crippen LogP contribution in [-0.4, -0.2) is 18.2 Å². The van der Waals surface area contributed by atoms with Crippen molar-refractivity contribution in [2.24, 2.45) is 5.41 Å². The maximum absolute atomic E-state index is 14.0. The van der Waals surface area contributed by atoms with Crippen LogP contribution in [0.2, 0.25) is 0 Å². The van der Waals surface area contributed by atoms with Gasteiger partial charge in [-0.25, -0.2) is 8.78 Å². The lowest BCUT2D eigenvalue weighted by Crippen LogP contribution is -2.27. The number of anilines is 1. The molecule has 0 aliphatic carbocycles. The van der Waals surface area contributed by atoms with Crippen LogP contribution in [0.3, 0.4) is 0 Å². The van der Waals surface area contributed by atoms with Gasteiger partial charge in [0.25, 0.3) is 0 Å². The van der Waals surface area contributed by atoms with Crippen molar-refractivity contribution in [1.82, 2.24) is 0 Å². The molecule has 0 spiro atoms. The first-order valence-electron chi connectivity index (χ1n) is 6.89. The molecular formula is C15H21F2NO. The summed E-state index contributed by atoms with van der Waals surface area (Å²) in [7, 11) is 0. The molecule has 1 aromatic carbocycles. The van der Waals surface area contributed by atoms with Crippen molar-refractivity contribution >= 4 is 5.69 Å². The van der Waals surface area contributed by atoms with Crippen molar-refractivity contribution < 1.29 is 13.9 Å². The summed E-state index contributed by atoms with van der Waals surface area (Å²) in [5.41, 5.74) is 0.505. The van der Waals surface area contributed by atoms with E-state index >= 15 is 0 Å². The third kappa shape index (κ3) is 2.59. The fourth-order valence-electron chi connectivity index (χ4n) is 2.96. The molecule has 4 heteroatoms. The summed E-state index contributed by atoms with van der Waals surface area (Å²) in [6.45, 7) is 5.31. The van der Waals surface area contributed by atoms with Gasteiger partial charge in [0.15, 0.2) is 0 Å². The van der Waals surface area contributed by atoms with E-state index in [9.17, 15) is 8.78 Å². The predicted octanol–water partition coefficient (Wildman–Crippen LogP) is 3.47. The van der Waals surface area contributed by atoms with E-state index in [0.29, 0.717) is 13.1 Å². The second-order valence-corrected chi connectivity index (χ2v) is 5.44. The van der Waals surface area contributed by atoms with Crippen LogP contribution in [0.4, 0.5) is 14.5 Å². The predicted molar refractivity (Wildman–Crippen MR) is 72.1 cm³/mol. The van der Waals surface area contributed by atoms with Crippen LogP contribution in [-0.2, 0) is 6.61 Å². The summed E-state index contributed by atoms with van der Waals surface area (Å²) in [5, 5.41) is 8.95. The van der Waals surface area contributed by atoms with Crippen LogP contribution in [0.15, 0.2) is 12.1 Å². The average Bonchev–Trinajstić information content (AvgIpc) is 2.82. The van der Waals surface area contributed by atoms with E-state index < -0.39 is 11.6 Å². The zero-order chi connectivity index (χ0) is 14.0.